The molecule has 0 spiro atoms. The predicted octanol–water partition coefficient (Wildman–Crippen LogP) is 1.96. The minimum Gasteiger partial charge on any atom is -0.497 e. The number of amides is 1. The molecule has 2 N–H and O–H groups in total. The summed E-state index contributed by atoms with van der Waals surface area (Å²) >= 11 is 0. The van der Waals surface area contributed by atoms with Crippen molar-refractivity contribution in [2.75, 3.05) is 51.4 Å². The molecule has 13 heteroatoms. The van der Waals surface area contributed by atoms with Crippen LogP contribution < -0.4 is 19.5 Å². The van der Waals surface area contributed by atoms with Gasteiger partial charge in [0, 0.05) is 38.9 Å². The molecule has 1 saturated heterocycles. The fourth-order valence-electron chi connectivity index (χ4n) is 3.66. The summed E-state index contributed by atoms with van der Waals surface area (Å²) in [5, 5.41) is 2.75. The van der Waals surface area contributed by atoms with E-state index < -0.39 is 26.2 Å². The maximum Gasteiger partial charge on any atom is 0.281 e. The molecule has 1 aliphatic rings. The van der Waals surface area contributed by atoms with Crippen LogP contribution in [0.25, 0.3) is 0 Å². The van der Waals surface area contributed by atoms with Gasteiger partial charge in [0.1, 0.15) is 11.5 Å². The van der Waals surface area contributed by atoms with Crippen LogP contribution in [0.15, 0.2) is 47.4 Å². The summed E-state index contributed by atoms with van der Waals surface area (Å²) in [6, 6.07) is 10.4. The molecule has 0 bridgehead atoms. The normalized spacial score (nSPS) is 17.1. The van der Waals surface area contributed by atoms with E-state index in [1.165, 1.54) is 63.0 Å². The third-order valence-electron chi connectivity index (χ3n) is 5.63. The number of hydrogen-bond donors (Lipinski definition) is 2. The monoisotopic (exact) mass is 526 g/mol. The lowest BCUT2D eigenvalue weighted by Crippen LogP contribution is -2.47. The first kappa shape index (κ1) is 26.7. The summed E-state index contributed by atoms with van der Waals surface area (Å²) in [5.74, 6) is -0.0418. The highest BCUT2D eigenvalue weighted by Gasteiger charge is 2.33. The first-order chi connectivity index (χ1) is 16.5. The average Bonchev–Trinajstić information content (AvgIpc) is 2.84. The summed E-state index contributed by atoms with van der Waals surface area (Å²) in [6.45, 7) is 0.451. The molecule has 0 saturated carbocycles. The Kier molecular flexibility index (Phi) is 8.26. The Morgan fingerprint density at radius 2 is 1.71 bits per heavy atom. The molecule has 11 nitrogen and oxygen atoms in total. The van der Waals surface area contributed by atoms with E-state index in [0.29, 0.717) is 36.6 Å². The zero-order valence-corrected chi connectivity index (χ0v) is 21.6. The van der Waals surface area contributed by atoms with Crippen molar-refractivity contribution < 1.29 is 31.1 Å². The molecular weight excluding hydrogens is 496 g/mol. The van der Waals surface area contributed by atoms with E-state index in [2.05, 4.69) is 10.0 Å². The van der Waals surface area contributed by atoms with Gasteiger partial charge < -0.3 is 14.8 Å². The molecule has 35 heavy (non-hydrogen) atoms. The van der Waals surface area contributed by atoms with E-state index in [9.17, 15) is 21.6 Å². The molecule has 3 rings (SSSR count). The van der Waals surface area contributed by atoms with Gasteiger partial charge in [0.25, 0.3) is 20.2 Å². The zero-order chi connectivity index (χ0) is 25.8. The minimum atomic E-state index is -3.94. The van der Waals surface area contributed by atoms with Gasteiger partial charge in [0.15, 0.2) is 0 Å². The maximum absolute atomic E-state index is 12.9. The van der Waals surface area contributed by atoms with Gasteiger partial charge >= 0.3 is 0 Å². The lowest BCUT2D eigenvalue weighted by molar-refractivity contribution is -0.120. The number of carbonyl (C=O) groups is 1. The summed E-state index contributed by atoms with van der Waals surface area (Å²) in [5.41, 5.74) is 0.624. The van der Waals surface area contributed by atoms with Gasteiger partial charge in [-0.2, -0.15) is 17.0 Å². The maximum atomic E-state index is 12.9. The van der Waals surface area contributed by atoms with E-state index in [1.807, 2.05) is 0 Å². The highest BCUT2D eigenvalue weighted by Crippen LogP contribution is 2.31. The average molecular weight is 527 g/mol. The number of rotatable bonds is 9. The molecule has 1 heterocycles. The highest BCUT2D eigenvalue weighted by atomic mass is 32.2. The Balaban J connectivity index is 1.69. The molecule has 2 aromatic carbocycles. The van der Waals surface area contributed by atoms with Crippen LogP contribution in [0.1, 0.15) is 12.8 Å². The Morgan fingerprint density at radius 1 is 1.03 bits per heavy atom. The van der Waals surface area contributed by atoms with Crippen molar-refractivity contribution in [3.63, 3.8) is 0 Å². The first-order valence-corrected chi connectivity index (χ1v) is 13.7. The number of anilines is 2. The second kappa shape index (κ2) is 10.8. The van der Waals surface area contributed by atoms with Gasteiger partial charge in [-0.1, -0.05) is 0 Å². The number of nitrogens with one attached hydrogen (secondary N) is 2. The second-order valence-corrected chi connectivity index (χ2v) is 12.0. The number of piperidine rings is 1. The SMILES string of the molecule is COc1ccc(OC)c(NS(=O)(=O)c2ccc(NC(=O)[C@@H]3CCCN(S(=O)(=O)N(C)C)C3)cc2)c1. The summed E-state index contributed by atoms with van der Waals surface area (Å²) in [7, 11) is -1.74. The number of carbonyl (C=O) groups excluding carboxylic acids is 1. The predicted molar refractivity (Wildman–Crippen MR) is 132 cm³/mol. The third kappa shape index (κ3) is 6.23. The Bertz CT molecular complexity index is 1260. The van der Waals surface area contributed by atoms with Gasteiger partial charge in [0.2, 0.25) is 5.91 Å². The number of nitrogens with zero attached hydrogens (tertiary/aromatic N) is 2. The van der Waals surface area contributed by atoms with E-state index in [1.54, 1.807) is 12.1 Å². The molecule has 2 aromatic rings. The van der Waals surface area contributed by atoms with Crippen LogP contribution in [-0.2, 0) is 25.0 Å². The molecule has 0 aromatic heterocycles. The van der Waals surface area contributed by atoms with Crippen LogP contribution in [0.5, 0.6) is 11.5 Å². The van der Waals surface area contributed by atoms with E-state index in [4.69, 9.17) is 9.47 Å². The Morgan fingerprint density at radius 3 is 2.31 bits per heavy atom. The van der Waals surface area contributed by atoms with Crippen LogP contribution in [0.3, 0.4) is 0 Å². The summed E-state index contributed by atoms with van der Waals surface area (Å²) in [4.78, 5) is 12.7. The van der Waals surface area contributed by atoms with E-state index in [0.717, 1.165) is 4.31 Å². The quantitative estimate of drug-likeness (QED) is 0.510. The smallest absolute Gasteiger partial charge is 0.281 e. The van der Waals surface area contributed by atoms with Crippen LogP contribution in [-0.4, -0.2) is 72.8 Å². The Labute approximate surface area is 206 Å². The van der Waals surface area contributed by atoms with Crippen molar-refractivity contribution >= 4 is 37.5 Å². The summed E-state index contributed by atoms with van der Waals surface area (Å²) < 4.78 is 65.8. The number of benzene rings is 2. The minimum absolute atomic E-state index is 0.0127. The van der Waals surface area contributed by atoms with Crippen LogP contribution in [0.4, 0.5) is 11.4 Å². The third-order valence-corrected chi connectivity index (χ3v) is 8.91. The number of hydrogen-bond acceptors (Lipinski definition) is 7. The molecule has 0 unspecified atom stereocenters. The van der Waals surface area contributed by atoms with Crippen LogP contribution in [0, 0.1) is 5.92 Å². The van der Waals surface area contributed by atoms with Gasteiger partial charge in [-0.3, -0.25) is 9.52 Å². The molecule has 192 valence electrons. The molecule has 0 aliphatic carbocycles. The number of sulfonamides is 1. The Hall–Kier alpha value is -2.87. The molecule has 1 amide bonds. The molecule has 1 fully saturated rings. The van der Waals surface area contributed by atoms with Crippen molar-refractivity contribution in [2.45, 2.75) is 17.7 Å². The van der Waals surface area contributed by atoms with Crippen molar-refractivity contribution in [2.24, 2.45) is 5.92 Å². The van der Waals surface area contributed by atoms with E-state index in [-0.39, 0.29) is 23.0 Å². The summed E-state index contributed by atoms with van der Waals surface area (Å²) in [6.07, 6.45) is 1.13. The standard InChI is InChI=1S/C22H30N4O7S2/c1-25(2)35(30,31)26-13-5-6-16(15-26)22(27)23-17-7-10-19(11-8-17)34(28,29)24-20-14-18(32-3)9-12-21(20)33-4/h7-12,14,16,24H,5-6,13,15H2,1-4H3,(H,23,27)/t16-/m1/s1. The van der Waals surface area contributed by atoms with Gasteiger partial charge in [-0.05, 0) is 49.2 Å². The highest BCUT2D eigenvalue weighted by molar-refractivity contribution is 7.92. The fraction of sp³-hybridized carbons (Fsp3) is 0.409. The molecule has 1 aliphatic heterocycles. The largest absolute Gasteiger partial charge is 0.497 e. The van der Waals surface area contributed by atoms with Gasteiger partial charge in [-0.25, -0.2) is 8.42 Å². The van der Waals surface area contributed by atoms with Crippen LogP contribution >= 0.6 is 0 Å². The van der Waals surface area contributed by atoms with Crippen molar-refractivity contribution in [3.8, 4) is 11.5 Å². The van der Waals surface area contributed by atoms with Crippen molar-refractivity contribution in [1.29, 1.82) is 0 Å². The topological polar surface area (TPSA) is 134 Å². The number of methoxy groups -OCH3 is 2. The fourth-order valence-corrected chi connectivity index (χ4v) is 5.91. The lowest BCUT2D eigenvalue weighted by atomic mass is 9.99. The second-order valence-electron chi connectivity index (χ2n) is 8.17. The molecular formula is C22H30N4O7S2. The van der Waals surface area contributed by atoms with Crippen molar-refractivity contribution in [1.82, 2.24) is 8.61 Å². The van der Waals surface area contributed by atoms with Crippen LogP contribution in [0.2, 0.25) is 0 Å². The molecule has 0 radical (unpaired) electrons. The van der Waals surface area contributed by atoms with Gasteiger partial charge in [0.05, 0.1) is 30.7 Å². The number of ether oxygens (including phenoxy) is 2. The van der Waals surface area contributed by atoms with Gasteiger partial charge in [-0.15, -0.1) is 0 Å². The van der Waals surface area contributed by atoms with E-state index >= 15 is 0 Å². The molecule has 1 atom stereocenters. The zero-order valence-electron chi connectivity index (χ0n) is 20.0. The lowest BCUT2D eigenvalue weighted by Gasteiger charge is -2.32. The first-order valence-electron chi connectivity index (χ1n) is 10.8. The van der Waals surface area contributed by atoms with Crippen molar-refractivity contribution in [3.05, 3.63) is 42.5 Å².